The third-order valence-electron chi connectivity index (χ3n) is 3.14. The van der Waals surface area contributed by atoms with Gasteiger partial charge >= 0.3 is 0 Å². The summed E-state index contributed by atoms with van der Waals surface area (Å²) in [4.78, 5) is 0. The van der Waals surface area contributed by atoms with E-state index in [9.17, 15) is 4.39 Å². The van der Waals surface area contributed by atoms with Crippen molar-refractivity contribution < 1.29 is 9.13 Å². The van der Waals surface area contributed by atoms with Gasteiger partial charge in [-0.1, -0.05) is 24.3 Å². The molecule has 0 fully saturated rings. The fourth-order valence-corrected chi connectivity index (χ4v) is 2.19. The standard InChI is InChI=1S/C15H13FNO/c16-13-7-12-5-6-18-15(12)14(8-13)11-3-1-10(9-17)2-4-11/h1-4,6-8H,5,9,17H2. The molecule has 1 radical (unpaired) electrons. The molecule has 2 nitrogen and oxygen atoms in total. The van der Waals surface area contributed by atoms with Gasteiger partial charge in [0.25, 0.3) is 0 Å². The molecule has 0 bridgehead atoms. The summed E-state index contributed by atoms with van der Waals surface area (Å²) in [5.74, 6) is 0.530. The van der Waals surface area contributed by atoms with E-state index in [4.69, 9.17) is 10.5 Å². The molecular formula is C15H13FNO. The molecular weight excluding hydrogens is 229 g/mol. The van der Waals surface area contributed by atoms with E-state index in [0.717, 1.165) is 28.0 Å². The summed E-state index contributed by atoms with van der Waals surface area (Å²) in [5.41, 5.74) is 9.25. The van der Waals surface area contributed by atoms with Crippen LogP contribution in [-0.4, -0.2) is 0 Å². The largest absolute Gasteiger partial charge is 0.485 e. The van der Waals surface area contributed by atoms with Crippen molar-refractivity contribution in [3.63, 3.8) is 0 Å². The summed E-state index contributed by atoms with van der Waals surface area (Å²) >= 11 is 0. The number of ether oxygens (including phenoxy) is 1. The monoisotopic (exact) mass is 242 g/mol. The first-order chi connectivity index (χ1) is 8.78. The SMILES string of the molecule is NCc1ccc(-c2cc(F)cc3c2O[CH]C3)cc1. The Kier molecular flexibility index (Phi) is 2.76. The van der Waals surface area contributed by atoms with Crippen LogP contribution in [0.25, 0.3) is 11.1 Å². The molecule has 0 aliphatic carbocycles. The van der Waals surface area contributed by atoms with E-state index in [-0.39, 0.29) is 5.82 Å². The van der Waals surface area contributed by atoms with Crippen molar-refractivity contribution in [3.8, 4) is 16.9 Å². The molecule has 1 aliphatic heterocycles. The number of nitrogens with two attached hydrogens (primary N) is 1. The normalized spacial score (nSPS) is 13.2. The Morgan fingerprint density at radius 1 is 1.17 bits per heavy atom. The minimum absolute atomic E-state index is 0.231. The van der Waals surface area contributed by atoms with Crippen LogP contribution in [0.15, 0.2) is 36.4 Å². The van der Waals surface area contributed by atoms with Crippen molar-refractivity contribution in [2.75, 3.05) is 0 Å². The minimum Gasteiger partial charge on any atom is -0.485 e. The quantitative estimate of drug-likeness (QED) is 0.878. The average Bonchev–Trinajstić information content (AvgIpc) is 2.86. The van der Waals surface area contributed by atoms with Gasteiger partial charge < -0.3 is 10.5 Å². The molecule has 18 heavy (non-hydrogen) atoms. The molecule has 3 heteroatoms. The Morgan fingerprint density at radius 3 is 2.67 bits per heavy atom. The Labute approximate surface area is 105 Å². The summed E-state index contributed by atoms with van der Waals surface area (Å²) < 4.78 is 19.0. The van der Waals surface area contributed by atoms with Crippen molar-refractivity contribution in [2.45, 2.75) is 13.0 Å². The lowest BCUT2D eigenvalue weighted by Crippen LogP contribution is -1.95. The highest BCUT2D eigenvalue weighted by molar-refractivity contribution is 5.73. The molecule has 0 saturated heterocycles. The minimum atomic E-state index is -0.231. The van der Waals surface area contributed by atoms with Gasteiger partial charge in [-0.2, -0.15) is 0 Å². The molecule has 3 rings (SSSR count). The van der Waals surface area contributed by atoms with E-state index >= 15 is 0 Å². The second-order valence-electron chi connectivity index (χ2n) is 4.33. The van der Waals surface area contributed by atoms with E-state index < -0.39 is 0 Å². The van der Waals surface area contributed by atoms with Crippen LogP contribution in [0.4, 0.5) is 4.39 Å². The molecule has 2 aromatic carbocycles. The molecule has 0 spiro atoms. The third-order valence-corrected chi connectivity index (χ3v) is 3.14. The Bertz CT molecular complexity index is 578. The number of hydrogen-bond acceptors (Lipinski definition) is 2. The molecule has 1 aliphatic rings. The fraction of sp³-hybridized carbons (Fsp3) is 0.133. The van der Waals surface area contributed by atoms with Crippen LogP contribution in [0.5, 0.6) is 5.75 Å². The Morgan fingerprint density at radius 2 is 1.94 bits per heavy atom. The van der Waals surface area contributed by atoms with Gasteiger partial charge in [-0.25, -0.2) is 4.39 Å². The number of fused-ring (bicyclic) bond motifs is 1. The van der Waals surface area contributed by atoms with Crippen LogP contribution < -0.4 is 10.5 Å². The van der Waals surface area contributed by atoms with Crippen LogP contribution in [-0.2, 0) is 13.0 Å². The molecule has 0 saturated carbocycles. The van der Waals surface area contributed by atoms with E-state index in [1.807, 2.05) is 24.3 Å². The maximum atomic E-state index is 13.6. The van der Waals surface area contributed by atoms with Gasteiger partial charge in [0.05, 0.1) is 0 Å². The van der Waals surface area contributed by atoms with Gasteiger partial charge in [-0.3, -0.25) is 0 Å². The van der Waals surface area contributed by atoms with Crippen LogP contribution in [0.2, 0.25) is 0 Å². The first-order valence-corrected chi connectivity index (χ1v) is 5.88. The first-order valence-electron chi connectivity index (χ1n) is 5.88. The predicted octanol–water partition coefficient (Wildman–Crippen LogP) is 3.05. The van der Waals surface area contributed by atoms with Crippen LogP contribution in [0, 0.1) is 12.4 Å². The summed E-state index contributed by atoms with van der Waals surface area (Å²) in [5, 5.41) is 0. The summed E-state index contributed by atoms with van der Waals surface area (Å²) in [7, 11) is 0. The maximum Gasteiger partial charge on any atom is 0.140 e. The third kappa shape index (κ3) is 1.87. The van der Waals surface area contributed by atoms with E-state index in [1.165, 1.54) is 12.1 Å². The molecule has 2 N–H and O–H groups in total. The summed E-state index contributed by atoms with van der Waals surface area (Å²) in [6.45, 7) is 2.20. The number of hydrogen-bond donors (Lipinski definition) is 1. The second kappa shape index (κ2) is 4.42. The van der Waals surface area contributed by atoms with Gasteiger partial charge in [0.1, 0.15) is 18.2 Å². The van der Waals surface area contributed by atoms with Crippen LogP contribution in [0.1, 0.15) is 11.1 Å². The smallest absolute Gasteiger partial charge is 0.140 e. The zero-order valence-corrected chi connectivity index (χ0v) is 9.82. The number of benzene rings is 2. The molecule has 2 aromatic rings. The Balaban J connectivity index is 2.10. The predicted molar refractivity (Wildman–Crippen MR) is 68.4 cm³/mol. The van der Waals surface area contributed by atoms with Gasteiger partial charge in [-0.05, 0) is 23.3 Å². The zero-order valence-electron chi connectivity index (χ0n) is 9.82. The summed E-state index contributed by atoms with van der Waals surface area (Å²) in [6.07, 6.45) is 0.654. The number of halogens is 1. The Hall–Kier alpha value is -1.87. The van der Waals surface area contributed by atoms with Crippen molar-refractivity contribution in [1.82, 2.24) is 0 Å². The molecule has 0 amide bonds. The van der Waals surface area contributed by atoms with Crippen molar-refractivity contribution in [2.24, 2.45) is 5.73 Å². The van der Waals surface area contributed by atoms with Crippen molar-refractivity contribution in [1.29, 1.82) is 0 Å². The highest BCUT2D eigenvalue weighted by Crippen LogP contribution is 2.38. The number of rotatable bonds is 2. The maximum absolute atomic E-state index is 13.6. The first kappa shape index (κ1) is 11.2. The van der Waals surface area contributed by atoms with E-state index in [0.29, 0.717) is 13.0 Å². The molecule has 0 aromatic heterocycles. The topological polar surface area (TPSA) is 35.2 Å². The lowest BCUT2D eigenvalue weighted by molar-refractivity contribution is 0.436. The van der Waals surface area contributed by atoms with Crippen molar-refractivity contribution >= 4 is 0 Å². The van der Waals surface area contributed by atoms with Gasteiger partial charge in [-0.15, -0.1) is 0 Å². The second-order valence-corrected chi connectivity index (χ2v) is 4.33. The van der Waals surface area contributed by atoms with E-state index in [2.05, 4.69) is 0 Å². The van der Waals surface area contributed by atoms with Gasteiger partial charge in [0, 0.05) is 24.1 Å². The van der Waals surface area contributed by atoms with Gasteiger partial charge in [0.2, 0.25) is 0 Å². The fourth-order valence-electron chi connectivity index (χ4n) is 2.19. The van der Waals surface area contributed by atoms with Crippen LogP contribution >= 0.6 is 0 Å². The average molecular weight is 242 g/mol. The highest BCUT2D eigenvalue weighted by Gasteiger charge is 2.19. The lowest BCUT2D eigenvalue weighted by Gasteiger charge is -2.09. The van der Waals surface area contributed by atoms with E-state index in [1.54, 1.807) is 6.61 Å². The molecule has 0 atom stereocenters. The van der Waals surface area contributed by atoms with Crippen molar-refractivity contribution in [3.05, 3.63) is 59.9 Å². The highest BCUT2D eigenvalue weighted by atomic mass is 19.1. The van der Waals surface area contributed by atoms with Crippen LogP contribution in [0.3, 0.4) is 0 Å². The zero-order chi connectivity index (χ0) is 12.5. The molecule has 1 heterocycles. The van der Waals surface area contributed by atoms with Gasteiger partial charge in [0.15, 0.2) is 0 Å². The summed E-state index contributed by atoms with van der Waals surface area (Å²) in [6, 6.07) is 10.8. The molecule has 91 valence electrons. The molecule has 0 unspecified atom stereocenters. The lowest BCUT2D eigenvalue weighted by atomic mass is 10.00.